The van der Waals surface area contributed by atoms with E-state index in [4.69, 9.17) is 4.52 Å². The summed E-state index contributed by atoms with van der Waals surface area (Å²) in [5.74, 6) is -1.32. The second-order valence-electron chi connectivity index (χ2n) is 7.54. The van der Waals surface area contributed by atoms with Gasteiger partial charge < -0.3 is 4.52 Å². The topological polar surface area (TPSA) is 86.7 Å². The molecule has 0 saturated heterocycles. The maximum Gasteiger partial charge on any atom is 0.418 e. The van der Waals surface area contributed by atoms with E-state index in [1.165, 1.54) is 12.3 Å². The van der Waals surface area contributed by atoms with E-state index in [9.17, 15) is 26.7 Å². The smallest absolute Gasteiger partial charge is 0.332 e. The van der Waals surface area contributed by atoms with Crippen LogP contribution in [0.3, 0.4) is 0 Å². The normalized spacial score (nSPS) is 15.4. The first-order valence-electron chi connectivity index (χ1n) is 9.99. The number of hydrogen-bond donors (Lipinski definition) is 0. The van der Waals surface area contributed by atoms with E-state index in [0.29, 0.717) is 5.56 Å². The SMILES string of the molecule is O=c1c(C2CCCCC2)cc(-c2nc(C(F)F)no2)nn1Cc1ncccc1C(F)(F)F. The largest absolute Gasteiger partial charge is 0.418 e. The van der Waals surface area contributed by atoms with Crippen LogP contribution in [0.4, 0.5) is 22.0 Å². The molecular weight excluding hydrogens is 437 g/mol. The van der Waals surface area contributed by atoms with Gasteiger partial charge in [0.25, 0.3) is 11.4 Å². The van der Waals surface area contributed by atoms with Gasteiger partial charge in [-0.15, -0.1) is 0 Å². The second kappa shape index (κ2) is 8.75. The molecule has 0 spiro atoms. The Hall–Kier alpha value is -3.18. The molecule has 0 amide bonds. The van der Waals surface area contributed by atoms with Gasteiger partial charge in [-0.05, 0) is 37.0 Å². The first-order valence-corrected chi connectivity index (χ1v) is 9.99. The molecule has 32 heavy (non-hydrogen) atoms. The van der Waals surface area contributed by atoms with Gasteiger partial charge in [-0.3, -0.25) is 9.78 Å². The monoisotopic (exact) mass is 455 g/mol. The third-order valence-corrected chi connectivity index (χ3v) is 5.40. The van der Waals surface area contributed by atoms with Gasteiger partial charge in [0.2, 0.25) is 5.82 Å². The van der Waals surface area contributed by atoms with E-state index in [1.807, 2.05) is 0 Å². The van der Waals surface area contributed by atoms with Gasteiger partial charge in [0.1, 0.15) is 5.69 Å². The van der Waals surface area contributed by atoms with E-state index >= 15 is 0 Å². The van der Waals surface area contributed by atoms with Crippen molar-refractivity contribution >= 4 is 0 Å². The molecule has 12 heteroatoms. The molecule has 7 nitrogen and oxygen atoms in total. The van der Waals surface area contributed by atoms with Crippen molar-refractivity contribution in [2.24, 2.45) is 0 Å². The van der Waals surface area contributed by atoms with Gasteiger partial charge in [-0.1, -0.05) is 24.4 Å². The van der Waals surface area contributed by atoms with E-state index in [0.717, 1.165) is 48.9 Å². The second-order valence-corrected chi connectivity index (χ2v) is 7.54. The van der Waals surface area contributed by atoms with Crippen LogP contribution >= 0.6 is 0 Å². The molecule has 0 aliphatic heterocycles. The Kier molecular flexibility index (Phi) is 6.02. The molecule has 4 rings (SSSR count). The Balaban J connectivity index is 1.82. The summed E-state index contributed by atoms with van der Waals surface area (Å²) in [6.07, 6.45) is -2.19. The number of halogens is 5. The van der Waals surface area contributed by atoms with Crippen molar-refractivity contribution in [3.05, 3.63) is 57.4 Å². The first kappa shape index (κ1) is 22.0. The Labute approximate surface area is 178 Å². The maximum absolute atomic E-state index is 13.4. The average molecular weight is 455 g/mol. The molecule has 1 saturated carbocycles. The van der Waals surface area contributed by atoms with E-state index in [-0.39, 0.29) is 23.2 Å². The molecule has 0 radical (unpaired) electrons. The van der Waals surface area contributed by atoms with Crippen LogP contribution in [-0.4, -0.2) is 24.9 Å². The van der Waals surface area contributed by atoms with Crippen molar-refractivity contribution in [2.45, 2.75) is 57.2 Å². The van der Waals surface area contributed by atoms with Crippen LogP contribution in [0, 0.1) is 0 Å². The lowest BCUT2D eigenvalue weighted by atomic mass is 9.84. The first-order chi connectivity index (χ1) is 15.2. The van der Waals surface area contributed by atoms with Crippen LogP contribution in [-0.2, 0) is 12.7 Å². The molecule has 0 N–H and O–H groups in total. The van der Waals surface area contributed by atoms with Gasteiger partial charge in [0.05, 0.1) is 17.8 Å². The summed E-state index contributed by atoms with van der Waals surface area (Å²) in [6.45, 7) is -0.558. The van der Waals surface area contributed by atoms with Crippen molar-refractivity contribution in [3.8, 4) is 11.6 Å². The van der Waals surface area contributed by atoms with Crippen LogP contribution < -0.4 is 5.56 Å². The number of aromatic nitrogens is 5. The molecule has 0 atom stereocenters. The summed E-state index contributed by atoms with van der Waals surface area (Å²) in [6, 6.07) is 3.42. The highest BCUT2D eigenvalue weighted by molar-refractivity contribution is 5.47. The zero-order chi connectivity index (χ0) is 22.9. The van der Waals surface area contributed by atoms with E-state index < -0.39 is 36.1 Å². The van der Waals surface area contributed by atoms with Gasteiger partial charge in [-0.25, -0.2) is 13.5 Å². The van der Waals surface area contributed by atoms with E-state index in [1.54, 1.807) is 0 Å². The summed E-state index contributed by atoms with van der Waals surface area (Å²) < 4.78 is 71.6. The maximum atomic E-state index is 13.4. The third-order valence-electron chi connectivity index (χ3n) is 5.40. The molecular formula is C20H18F5N5O2. The highest BCUT2D eigenvalue weighted by Crippen LogP contribution is 2.33. The zero-order valence-electron chi connectivity index (χ0n) is 16.6. The standard InChI is InChI=1S/C20H18F5N5O2/c21-16(22)17-27-18(32-29-17)14-9-12(11-5-2-1-3-6-11)19(31)30(28-14)10-15-13(20(23,24)25)7-4-8-26-15/h4,7-9,11,16H,1-3,5-6,10H2. The van der Waals surface area contributed by atoms with Crippen molar-refractivity contribution in [2.75, 3.05) is 0 Å². The van der Waals surface area contributed by atoms with Crippen LogP contribution in [0.2, 0.25) is 0 Å². The number of hydrogen-bond acceptors (Lipinski definition) is 6. The number of nitrogens with zero attached hydrogens (tertiary/aromatic N) is 5. The molecule has 0 bridgehead atoms. The molecule has 0 unspecified atom stereocenters. The van der Waals surface area contributed by atoms with Crippen molar-refractivity contribution < 1.29 is 26.5 Å². The Bertz CT molecular complexity index is 1150. The molecule has 3 aromatic rings. The van der Waals surface area contributed by atoms with Crippen molar-refractivity contribution in [1.82, 2.24) is 24.9 Å². The summed E-state index contributed by atoms with van der Waals surface area (Å²) in [5, 5.41) is 7.24. The van der Waals surface area contributed by atoms with Crippen LogP contribution in [0.5, 0.6) is 0 Å². The fraction of sp³-hybridized carbons (Fsp3) is 0.450. The Morgan fingerprint density at radius 1 is 1.19 bits per heavy atom. The lowest BCUT2D eigenvalue weighted by Crippen LogP contribution is -2.30. The molecule has 1 aliphatic rings. The number of pyridine rings is 1. The average Bonchev–Trinajstić information content (AvgIpc) is 3.26. The van der Waals surface area contributed by atoms with Gasteiger partial charge >= 0.3 is 12.6 Å². The lowest BCUT2D eigenvalue weighted by molar-refractivity contribution is -0.138. The highest BCUT2D eigenvalue weighted by atomic mass is 19.4. The van der Waals surface area contributed by atoms with E-state index in [2.05, 4.69) is 20.2 Å². The number of rotatable bonds is 5. The summed E-state index contributed by atoms with van der Waals surface area (Å²) in [4.78, 5) is 20.5. The highest BCUT2D eigenvalue weighted by Gasteiger charge is 2.34. The molecule has 1 aliphatic carbocycles. The quantitative estimate of drug-likeness (QED) is 0.517. The molecule has 3 heterocycles. The van der Waals surface area contributed by atoms with Gasteiger partial charge in [-0.2, -0.15) is 23.3 Å². The molecule has 0 aromatic carbocycles. The Morgan fingerprint density at radius 3 is 2.59 bits per heavy atom. The minimum atomic E-state index is -4.67. The van der Waals surface area contributed by atoms with Crippen molar-refractivity contribution in [3.63, 3.8) is 0 Å². The summed E-state index contributed by atoms with van der Waals surface area (Å²) in [5.41, 5.74) is -1.67. The fourth-order valence-electron chi connectivity index (χ4n) is 3.87. The Morgan fingerprint density at radius 2 is 1.94 bits per heavy atom. The molecule has 170 valence electrons. The minimum absolute atomic E-state index is 0.0611. The predicted molar refractivity (Wildman–Crippen MR) is 101 cm³/mol. The number of alkyl halides is 5. The van der Waals surface area contributed by atoms with Crippen LogP contribution in [0.1, 0.15) is 67.1 Å². The summed E-state index contributed by atoms with van der Waals surface area (Å²) >= 11 is 0. The zero-order valence-corrected chi connectivity index (χ0v) is 16.6. The lowest BCUT2D eigenvalue weighted by Gasteiger charge is -2.22. The third kappa shape index (κ3) is 4.53. The van der Waals surface area contributed by atoms with Crippen LogP contribution in [0.25, 0.3) is 11.6 Å². The van der Waals surface area contributed by atoms with Crippen molar-refractivity contribution in [1.29, 1.82) is 0 Å². The minimum Gasteiger partial charge on any atom is -0.332 e. The van der Waals surface area contributed by atoms with Gasteiger partial charge in [0, 0.05) is 11.8 Å². The molecule has 3 aromatic heterocycles. The van der Waals surface area contributed by atoms with Crippen LogP contribution in [0.15, 0.2) is 33.7 Å². The molecule has 1 fully saturated rings. The fourth-order valence-corrected chi connectivity index (χ4v) is 3.87. The summed E-state index contributed by atoms with van der Waals surface area (Å²) in [7, 11) is 0. The predicted octanol–water partition coefficient (Wildman–Crippen LogP) is 4.74. The van der Waals surface area contributed by atoms with Gasteiger partial charge in [0.15, 0.2) is 0 Å².